The Labute approximate surface area is 227 Å². The van der Waals surface area contributed by atoms with Crippen molar-refractivity contribution >= 4 is 68.0 Å². The molecule has 1 aromatic heterocycles. The van der Waals surface area contributed by atoms with Crippen molar-refractivity contribution in [2.75, 3.05) is 0 Å². The van der Waals surface area contributed by atoms with E-state index in [1.807, 2.05) is 0 Å². The van der Waals surface area contributed by atoms with E-state index in [1.54, 1.807) is 0 Å². The molecule has 3 heteroatoms. The molecule has 0 spiro atoms. The number of nitrogens with zero attached hydrogens (tertiary/aromatic N) is 1. The summed E-state index contributed by atoms with van der Waals surface area (Å²) in [6, 6.07) is 48.0. The average Bonchev–Trinajstić information content (AvgIpc) is 3.63. The van der Waals surface area contributed by atoms with E-state index in [-0.39, 0.29) is 13.4 Å². The fourth-order valence-corrected chi connectivity index (χ4v) is 8.13. The highest BCUT2D eigenvalue weighted by Gasteiger charge is 2.44. The van der Waals surface area contributed by atoms with Crippen molar-refractivity contribution in [3.05, 3.63) is 127 Å². The summed E-state index contributed by atoms with van der Waals surface area (Å²) in [7, 11) is 0. The Balaban J connectivity index is 1.51. The van der Waals surface area contributed by atoms with Gasteiger partial charge in [0.2, 0.25) is 13.4 Å². The normalized spacial score (nSPS) is 13.5. The third kappa shape index (κ3) is 2.32. The van der Waals surface area contributed by atoms with E-state index in [0.29, 0.717) is 0 Å². The standard InChI is InChI=1S/C36H21B2N/c1-4-14-28-22(10-1)25-13-9-17-31-34(25)37(28)30-16-6-8-19-33(30)39-32-18-7-3-12-24(32)27-21-20-26-23-11-2-5-15-29(23)38(31)35(26)36(27)39/h1-21H. The molecule has 4 heterocycles. The van der Waals surface area contributed by atoms with E-state index in [1.165, 1.54) is 82.5 Å². The summed E-state index contributed by atoms with van der Waals surface area (Å²) in [5, 5.41) is 2.66. The van der Waals surface area contributed by atoms with Crippen molar-refractivity contribution in [1.82, 2.24) is 4.57 Å². The van der Waals surface area contributed by atoms with Gasteiger partial charge >= 0.3 is 0 Å². The SMILES string of the molecule is c1ccc2c(c1)B1c3ccccc3-n3c4ccccc4c4ccc5c(c43)B(c3ccccc3-5)c3cccc-2c31. The summed E-state index contributed by atoms with van der Waals surface area (Å²) in [6.07, 6.45) is 0. The number of para-hydroxylation sites is 2. The van der Waals surface area contributed by atoms with Crippen LogP contribution in [0.5, 0.6) is 0 Å². The number of fused-ring (bicyclic) bond motifs is 13. The van der Waals surface area contributed by atoms with Crippen LogP contribution in [0.2, 0.25) is 0 Å². The maximum absolute atomic E-state index is 2.59. The molecular weight excluding hydrogens is 468 g/mol. The van der Waals surface area contributed by atoms with Gasteiger partial charge in [0.1, 0.15) is 0 Å². The lowest BCUT2D eigenvalue weighted by Gasteiger charge is -2.20. The minimum atomic E-state index is 0.184. The van der Waals surface area contributed by atoms with Crippen LogP contribution in [0, 0.1) is 0 Å². The largest absolute Gasteiger partial charge is 0.310 e. The van der Waals surface area contributed by atoms with Crippen LogP contribution in [0.4, 0.5) is 0 Å². The summed E-state index contributed by atoms with van der Waals surface area (Å²) >= 11 is 0. The van der Waals surface area contributed by atoms with Crippen molar-refractivity contribution in [2.45, 2.75) is 0 Å². The average molecular weight is 489 g/mol. The molecule has 0 radical (unpaired) electrons. The van der Waals surface area contributed by atoms with E-state index < -0.39 is 0 Å². The zero-order valence-corrected chi connectivity index (χ0v) is 21.2. The zero-order chi connectivity index (χ0) is 25.2. The molecule has 1 nitrogen and oxygen atoms in total. The number of hydrogen-bond donors (Lipinski definition) is 0. The molecule has 10 rings (SSSR count). The second-order valence-electron chi connectivity index (χ2n) is 11.2. The molecule has 0 saturated heterocycles. The highest BCUT2D eigenvalue weighted by molar-refractivity contribution is 7.08. The first kappa shape index (κ1) is 20.2. The fraction of sp³-hybridized carbons (Fsp3) is 0. The molecule has 0 aliphatic carbocycles. The van der Waals surface area contributed by atoms with Gasteiger partial charge in [-0.25, -0.2) is 0 Å². The van der Waals surface area contributed by atoms with E-state index in [9.17, 15) is 0 Å². The molecule has 39 heavy (non-hydrogen) atoms. The molecule has 176 valence electrons. The molecule has 3 aliphatic heterocycles. The first-order valence-electron chi connectivity index (χ1n) is 13.9. The smallest absolute Gasteiger partial charge is 0.245 e. The lowest BCUT2D eigenvalue weighted by molar-refractivity contribution is 1.20. The highest BCUT2D eigenvalue weighted by atomic mass is 15.0. The van der Waals surface area contributed by atoms with E-state index in [4.69, 9.17) is 0 Å². The topological polar surface area (TPSA) is 4.93 Å². The molecule has 0 atom stereocenters. The van der Waals surface area contributed by atoms with Crippen LogP contribution in [0.15, 0.2) is 127 Å². The Bertz CT molecular complexity index is 2210. The monoisotopic (exact) mass is 489 g/mol. The third-order valence-corrected chi connectivity index (χ3v) is 9.52. The van der Waals surface area contributed by atoms with Gasteiger partial charge in [0.05, 0.1) is 5.52 Å². The predicted molar refractivity (Wildman–Crippen MR) is 167 cm³/mol. The van der Waals surface area contributed by atoms with E-state index in [0.717, 1.165) is 0 Å². The van der Waals surface area contributed by atoms with Crippen LogP contribution >= 0.6 is 0 Å². The quantitative estimate of drug-likeness (QED) is 0.283. The Morgan fingerprint density at radius 3 is 1.79 bits per heavy atom. The molecule has 0 fully saturated rings. The van der Waals surface area contributed by atoms with Gasteiger partial charge in [-0.05, 0) is 45.3 Å². The van der Waals surface area contributed by atoms with Crippen LogP contribution in [-0.2, 0) is 0 Å². The number of aromatic nitrogens is 1. The van der Waals surface area contributed by atoms with Crippen molar-refractivity contribution in [3.63, 3.8) is 0 Å². The summed E-state index contributed by atoms with van der Waals surface area (Å²) in [4.78, 5) is 0. The van der Waals surface area contributed by atoms with Gasteiger partial charge in [-0.15, -0.1) is 0 Å². The summed E-state index contributed by atoms with van der Waals surface area (Å²) in [5.41, 5.74) is 18.0. The maximum Gasteiger partial charge on any atom is 0.245 e. The number of benzene rings is 6. The fourth-order valence-electron chi connectivity index (χ4n) is 8.13. The van der Waals surface area contributed by atoms with E-state index >= 15 is 0 Å². The van der Waals surface area contributed by atoms with Crippen LogP contribution < -0.4 is 32.8 Å². The van der Waals surface area contributed by atoms with Crippen molar-refractivity contribution in [1.29, 1.82) is 0 Å². The second-order valence-corrected chi connectivity index (χ2v) is 11.2. The molecule has 3 aliphatic rings. The Kier molecular flexibility index (Phi) is 3.64. The summed E-state index contributed by atoms with van der Waals surface area (Å²) < 4.78 is 2.59. The first-order valence-corrected chi connectivity index (χ1v) is 13.9. The van der Waals surface area contributed by atoms with Gasteiger partial charge in [0.15, 0.2) is 0 Å². The first-order chi connectivity index (χ1) is 19.4. The van der Waals surface area contributed by atoms with Crippen LogP contribution in [0.25, 0.3) is 49.7 Å². The molecule has 0 N–H and O–H groups in total. The summed E-state index contributed by atoms with van der Waals surface area (Å²) in [6.45, 7) is 0.370. The molecule has 7 aromatic rings. The highest BCUT2D eigenvalue weighted by Crippen LogP contribution is 2.36. The lowest BCUT2D eigenvalue weighted by atomic mass is 9.30. The minimum Gasteiger partial charge on any atom is -0.310 e. The maximum atomic E-state index is 2.59. The summed E-state index contributed by atoms with van der Waals surface area (Å²) in [5.74, 6) is 0. The van der Waals surface area contributed by atoms with Crippen molar-refractivity contribution in [3.8, 4) is 27.9 Å². The number of hydrogen-bond acceptors (Lipinski definition) is 0. The Hall–Kier alpha value is -4.75. The predicted octanol–water partition coefficient (Wildman–Crippen LogP) is 4.09. The molecular formula is C36H21B2N. The van der Waals surface area contributed by atoms with Crippen LogP contribution in [0.3, 0.4) is 0 Å². The Morgan fingerprint density at radius 2 is 0.974 bits per heavy atom. The van der Waals surface area contributed by atoms with Gasteiger partial charge in [-0.1, -0.05) is 137 Å². The number of rotatable bonds is 0. The zero-order valence-electron chi connectivity index (χ0n) is 21.2. The minimum absolute atomic E-state index is 0.184. The van der Waals surface area contributed by atoms with Gasteiger partial charge < -0.3 is 4.57 Å². The van der Waals surface area contributed by atoms with Crippen LogP contribution in [0.1, 0.15) is 0 Å². The molecule has 0 saturated carbocycles. The molecule has 0 unspecified atom stereocenters. The third-order valence-electron chi connectivity index (χ3n) is 9.52. The van der Waals surface area contributed by atoms with Gasteiger partial charge in [0.25, 0.3) is 0 Å². The van der Waals surface area contributed by atoms with E-state index in [2.05, 4.69) is 132 Å². The van der Waals surface area contributed by atoms with Crippen molar-refractivity contribution < 1.29 is 0 Å². The molecule has 0 bridgehead atoms. The Morgan fingerprint density at radius 1 is 0.385 bits per heavy atom. The van der Waals surface area contributed by atoms with Gasteiger partial charge in [-0.3, -0.25) is 0 Å². The molecule has 6 aromatic carbocycles. The second kappa shape index (κ2) is 7.01. The lowest BCUT2D eigenvalue weighted by Crippen LogP contribution is -2.61. The molecule has 0 amide bonds. The van der Waals surface area contributed by atoms with Gasteiger partial charge in [-0.2, -0.15) is 0 Å². The van der Waals surface area contributed by atoms with Crippen molar-refractivity contribution in [2.24, 2.45) is 0 Å². The van der Waals surface area contributed by atoms with Gasteiger partial charge in [0, 0.05) is 22.0 Å². The van der Waals surface area contributed by atoms with Crippen LogP contribution in [-0.4, -0.2) is 18.0 Å².